The number of hydrogen-bond acceptors (Lipinski definition) is 5. The van der Waals surface area contributed by atoms with E-state index in [9.17, 15) is 0 Å². The zero-order valence-corrected chi connectivity index (χ0v) is 10.0. The Hall–Kier alpha value is -2.11. The van der Waals surface area contributed by atoms with Crippen molar-refractivity contribution in [2.45, 2.75) is 19.9 Å². The first-order chi connectivity index (χ1) is 8.22. The predicted molar refractivity (Wildman–Crippen MR) is 66.4 cm³/mol. The molecule has 0 aromatic carbocycles. The number of nitrogens with two attached hydrogens (primary N) is 1. The fourth-order valence-electron chi connectivity index (χ4n) is 1.66. The van der Waals surface area contributed by atoms with Crippen molar-refractivity contribution in [3.8, 4) is 0 Å². The largest absolute Gasteiger partial charge is 0.383 e. The summed E-state index contributed by atoms with van der Waals surface area (Å²) in [4.78, 5) is 12.4. The standard InChI is InChI=1S/C11H16N6/c1-3-8-10(12)15-7-16-11(8)14-6-9-13-4-5-17(9)2/h4-5,7H,3,6H2,1-2H3,(H3,12,14,15,16). The second-order valence-corrected chi connectivity index (χ2v) is 3.75. The quantitative estimate of drug-likeness (QED) is 0.820. The Kier molecular flexibility index (Phi) is 3.22. The molecule has 0 aliphatic rings. The van der Waals surface area contributed by atoms with E-state index in [0.717, 1.165) is 23.6 Å². The van der Waals surface area contributed by atoms with Gasteiger partial charge in [0.15, 0.2) is 0 Å². The molecule has 90 valence electrons. The summed E-state index contributed by atoms with van der Waals surface area (Å²) in [5, 5.41) is 3.23. The zero-order valence-electron chi connectivity index (χ0n) is 10.0. The van der Waals surface area contributed by atoms with Crippen molar-refractivity contribution >= 4 is 11.6 Å². The molecular formula is C11H16N6. The SMILES string of the molecule is CCc1c(N)ncnc1NCc1nccn1C. The number of anilines is 2. The molecule has 0 fully saturated rings. The summed E-state index contributed by atoms with van der Waals surface area (Å²) >= 11 is 0. The highest BCUT2D eigenvalue weighted by atomic mass is 15.1. The Labute approximate surface area is 99.9 Å². The van der Waals surface area contributed by atoms with Gasteiger partial charge in [-0.2, -0.15) is 0 Å². The lowest BCUT2D eigenvalue weighted by atomic mass is 10.2. The maximum Gasteiger partial charge on any atom is 0.135 e. The number of nitrogens with one attached hydrogen (secondary N) is 1. The van der Waals surface area contributed by atoms with Crippen LogP contribution in [0.1, 0.15) is 18.3 Å². The highest BCUT2D eigenvalue weighted by molar-refractivity contribution is 5.54. The van der Waals surface area contributed by atoms with Crippen LogP contribution in [0.15, 0.2) is 18.7 Å². The third kappa shape index (κ3) is 2.35. The zero-order chi connectivity index (χ0) is 12.3. The van der Waals surface area contributed by atoms with Crippen LogP contribution in [0.25, 0.3) is 0 Å². The average molecular weight is 232 g/mol. The highest BCUT2D eigenvalue weighted by Gasteiger charge is 2.07. The summed E-state index contributed by atoms with van der Waals surface area (Å²) in [6.45, 7) is 2.65. The minimum absolute atomic E-state index is 0.532. The third-order valence-electron chi connectivity index (χ3n) is 2.67. The summed E-state index contributed by atoms with van der Waals surface area (Å²) < 4.78 is 1.96. The lowest BCUT2D eigenvalue weighted by Crippen LogP contribution is -2.10. The van der Waals surface area contributed by atoms with Gasteiger partial charge in [-0.3, -0.25) is 0 Å². The minimum atomic E-state index is 0.532. The van der Waals surface area contributed by atoms with Gasteiger partial charge in [0.25, 0.3) is 0 Å². The van der Waals surface area contributed by atoms with E-state index in [0.29, 0.717) is 12.4 Å². The van der Waals surface area contributed by atoms with Crippen LogP contribution in [0.2, 0.25) is 0 Å². The topological polar surface area (TPSA) is 81.7 Å². The van der Waals surface area contributed by atoms with Gasteiger partial charge in [-0.15, -0.1) is 0 Å². The van der Waals surface area contributed by atoms with E-state index in [-0.39, 0.29) is 0 Å². The minimum Gasteiger partial charge on any atom is -0.383 e. The summed E-state index contributed by atoms with van der Waals surface area (Å²) in [7, 11) is 1.96. The van der Waals surface area contributed by atoms with Crippen molar-refractivity contribution in [1.82, 2.24) is 19.5 Å². The molecule has 0 radical (unpaired) electrons. The second kappa shape index (κ2) is 4.82. The number of aryl methyl sites for hydroxylation is 1. The fourth-order valence-corrected chi connectivity index (χ4v) is 1.66. The molecular weight excluding hydrogens is 216 g/mol. The van der Waals surface area contributed by atoms with Crippen LogP contribution >= 0.6 is 0 Å². The van der Waals surface area contributed by atoms with Crippen LogP contribution in [0.5, 0.6) is 0 Å². The number of nitrogen functional groups attached to an aromatic ring is 1. The molecule has 0 aliphatic heterocycles. The first-order valence-electron chi connectivity index (χ1n) is 5.51. The van der Waals surface area contributed by atoms with E-state index < -0.39 is 0 Å². The monoisotopic (exact) mass is 232 g/mol. The van der Waals surface area contributed by atoms with Gasteiger partial charge >= 0.3 is 0 Å². The number of nitrogens with zero attached hydrogens (tertiary/aromatic N) is 4. The van der Waals surface area contributed by atoms with E-state index in [2.05, 4.69) is 20.3 Å². The normalized spacial score (nSPS) is 10.5. The molecule has 2 rings (SSSR count). The van der Waals surface area contributed by atoms with E-state index in [1.165, 1.54) is 6.33 Å². The van der Waals surface area contributed by atoms with Crippen LogP contribution in [0.4, 0.5) is 11.6 Å². The smallest absolute Gasteiger partial charge is 0.135 e. The highest BCUT2D eigenvalue weighted by Crippen LogP contribution is 2.17. The van der Waals surface area contributed by atoms with Crippen LogP contribution < -0.4 is 11.1 Å². The summed E-state index contributed by atoms with van der Waals surface area (Å²) in [6, 6.07) is 0. The molecule has 0 aliphatic carbocycles. The molecule has 0 amide bonds. The lowest BCUT2D eigenvalue weighted by Gasteiger charge is -2.10. The third-order valence-corrected chi connectivity index (χ3v) is 2.67. The van der Waals surface area contributed by atoms with Crippen molar-refractivity contribution in [3.05, 3.63) is 30.1 Å². The number of hydrogen-bond donors (Lipinski definition) is 2. The maximum atomic E-state index is 5.80. The fraction of sp³-hybridized carbons (Fsp3) is 0.364. The predicted octanol–water partition coefficient (Wildman–Crippen LogP) is 0.967. The molecule has 2 aromatic heterocycles. The van der Waals surface area contributed by atoms with Crippen LogP contribution in [0.3, 0.4) is 0 Å². The van der Waals surface area contributed by atoms with Gasteiger partial charge in [0.1, 0.15) is 23.8 Å². The first kappa shape index (κ1) is 11.4. The molecule has 2 aromatic rings. The Morgan fingerprint density at radius 3 is 2.82 bits per heavy atom. The summed E-state index contributed by atoms with van der Waals surface area (Å²) in [5.41, 5.74) is 6.74. The maximum absolute atomic E-state index is 5.80. The van der Waals surface area contributed by atoms with E-state index >= 15 is 0 Å². The molecule has 0 unspecified atom stereocenters. The van der Waals surface area contributed by atoms with Gasteiger partial charge in [-0.25, -0.2) is 15.0 Å². The Morgan fingerprint density at radius 1 is 1.35 bits per heavy atom. The molecule has 0 saturated carbocycles. The first-order valence-corrected chi connectivity index (χ1v) is 5.51. The Bertz CT molecular complexity index is 504. The molecule has 3 N–H and O–H groups in total. The average Bonchev–Trinajstić information content (AvgIpc) is 2.72. The number of imidazole rings is 1. The Morgan fingerprint density at radius 2 is 2.18 bits per heavy atom. The molecule has 6 nitrogen and oxygen atoms in total. The Balaban J connectivity index is 2.14. The molecule has 17 heavy (non-hydrogen) atoms. The van der Waals surface area contributed by atoms with Crippen LogP contribution in [0, 0.1) is 0 Å². The second-order valence-electron chi connectivity index (χ2n) is 3.75. The number of aromatic nitrogens is 4. The van der Waals surface area contributed by atoms with Crippen molar-refractivity contribution in [2.24, 2.45) is 7.05 Å². The van der Waals surface area contributed by atoms with Gasteiger partial charge in [-0.1, -0.05) is 6.92 Å². The molecule has 6 heteroatoms. The lowest BCUT2D eigenvalue weighted by molar-refractivity contribution is 0.809. The molecule has 0 bridgehead atoms. The van der Waals surface area contributed by atoms with Crippen molar-refractivity contribution in [3.63, 3.8) is 0 Å². The number of rotatable bonds is 4. The van der Waals surface area contributed by atoms with Gasteiger partial charge in [0, 0.05) is 25.0 Å². The van der Waals surface area contributed by atoms with E-state index in [4.69, 9.17) is 5.73 Å². The van der Waals surface area contributed by atoms with Crippen molar-refractivity contribution in [1.29, 1.82) is 0 Å². The summed E-state index contributed by atoms with van der Waals surface area (Å²) in [6.07, 6.45) is 5.95. The van der Waals surface area contributed by atoms with Crippen LogP contribution in [-0.4, -0.2) is 19.5 Å². The van der Waals surface area contributed by atoms with Gasteiger partial charge in [0.2, 0.25) is 0 Å². The van der Waals surface area contributed by atoms with Gasteiger partial charge < -0.3 is 15.6 Å². The molecule has 0 atom stereocenters. The van der Waals surface area contributed by atoms with Crippen molar-refractivity contribution in [2.75, 3.05) is 11.1 Å². The van der Waals surface area contributed by atoms with Gasteiger partial charge in [-0.05, 0) is 6.42 Å². The van der Waals surface area contributed by atoms with E-state index in [1.54, 1.807) is 6.20 Å². The van der Waals surface area contributed by atoms with Crippen LogP contribution in [-0.2, 0) is 20.0 Å². The molecule has 2 heterocycles. The van der Waals surface area contributed by atoms with Crippen molar-refractivity contribution < 1.29 is 0 Å². The van der Waals surface area contributed by atoms with Gasteiger partial charge in [0.05, 0.1) is 6.54 Å². The molecule has 0 saturated heterocycles. The molecule has 0 spiro atoms. The van der Waals surface area contributed by atoms with E-state index in [1.807, 2.05) is 24.7 Å². The summed E-state index contributed by atoms with van der Waals surface area (Å²) in [5.74, 6) is 2.26.